The van der Waals surface area contributed by atoms with Gasteiger partial charge in [0, 0.05) is 6.61 Å². The normalized spacial score (nSPS) is 18.9. The number of nitrogens with zero attached hydrogens (tertiary/aromatic N) is 1. The summed E-state index contributed by atoms with van der Waals surface area (Å²) in [5, 5.41) is 9.96. The standard InChI is InChI=1S/C36H57NO7Si/c1-9-45(10-2,11-3)44-31(23-18-24-38)33(41-26-29-21-16-13-17-22-29)32(40-25-28-19-14-12-15-20-28)30-27-42-36(7,8)37(30)34(39)43-35(4,5)6/h12-17,19-22,30-33,38H,9-11,18,23-27H2,1-8H3/t30-,31+,32-,33-/m1/s1. The van der Waals surface area contributed by atoms with Crippen LogP contribution in [0.3, 0.4) is 0 Å². The molecule has 2 aromatic carbocycles. The van der Waals surface area contributed by atoms with Gasteiger partial charge in [0.15, 0.2) is 8.32 Å². The summed E-state index contributed by atoms with van der Waals surface area (Å²) in [5.74, 6) is 0. The fraction of sp³-hybridized carbons (Fsp3) is 0.639. The zero-order valence-corrected chi connectivity index (χ0v) is 29.8. The summed E-state index contributed by atoms with van der Waals surface area (Å²) < 4.78 is 33.2. The zero-order chi connectivity index (χ0) is 33.1. The Morgan fingerprint density at radius 3 is 1.98 bits per heavy atom. The fourth-order valence-electron chi connectivity index (χ4n) is 6.02. The lowest BCUT2D eigenvalue weighted by atomic mass is 9.96. The van der Waals surface area contributed by atoms with Gasteiger partial charge in [0.05, 0.1) is 32.0 Å². The van der Waals surface area contributed by atoms with Crippen molar-refractivity contribution in [2.75, 3.05) is 13.2 Å². The van der Waals surface area contributed by atoms with Gasteiger partial charge in [0.1, 0.15) is 23.5 Å². The average molecular weight is 644 g/mol. The van der Waals surface area contributed by atoms with Gasteiger partial charge in [-0.3, -0.25) is 4.90 Å². The molecule has 0 radical (unpaired) electrons. The lowest BCUT2D eigenvalue weighted by Gasteiger charge is -2.43. The fourth-order valence-corrected chi connectivity index (χ4v) is 8.91. The van der Waals surface area contributed by atoms with Crippen LogP contribution >= 0.6 is 0 Å². The Bertz CT molecular complexity index is 1130. The van der Waals surface area contributed by atoms with E-state index in [1.807, 2.05) is 95.3 Å². The molecule has 252 valence electrons. The van der Waals surface area contributed by atoms with Crippen LogP contribution < -0.4 is 0 Å². The Morgan fingerprint density at radius 1 is 0.956 bits per heavy atom. The molecule has 3 rings (SSSR count). The first kappa shape index (κ1) is 37.2. The minimum absolute atomic E-state index is 0.0450. The van der Waals surface area contributed by atoms with E-state index in [1.165, 1.54) is 0 Å². The van der Waals surface area contributed by atoms with E-state index in [4.69, 9.17) is 23.4 Å². The SMILES string of the molecule is CC[Si](CC)(CC)O[C@@H](CCCO)[C@@H](OCc1ccccc1)[C@H](OCc1ccccc1)[C@H]1COC(C)(C)N1C(=O)OC(C)(C)C. The smallest absolute Gasteiger partial charge is 0.412 e. The van der Waals surface area contributed by atoms with Crippen LogP contribution in [0.2, 0.25) is 18.1 Å². The van der Waals surface area contributed by atoms with Crippen molar-refractivity contribution in [1.29, 1.82) is 0 Å². The van der Waals surface area contributed by atoms with Crippen LogP contribution in [-0.2, 0) is 36.6 Å². The number of aliphatic hydroxyl groups excluding tert-OH is 1. The van der Waals surface area contributed by atoms with Crippen molar-refractivity contribution in [3.05, 3.63) is 71.8 Å². The second kappa shape index (κ2) is 17.0. The van der Waals surface area contributed by atoms with Crippen molar-refractivity contribution in [3.8, 4) is 0 Å². The van der Waals surface area contributed by atoms with Gasteiger partial charge in [0.2, 0.25) is 0 Å². The molecule has 9 heteroatoms. The van der Waals surface area contributed by atoms with Crippen LogP contribution in [0, 0.1) is 0 Å². The maximum Gasteiger partial charge on any atom is 0.412 e. The lowest BCUT2D eigenvalue weighted by molar-refractivity contribution is -0.151. The van der Waals surface area contributed by atoms with E-state index < -0.39 is 44.0 Å². The van der Waals surface area contributed by atoms with Gasteiger partial charge in [-0.05, 0) is 76.7 Å². The molecule has 1 N–H and O–H groups in total. The van der Waals surface area contributed by atoms with Crippen molar-refractivity contribution in [3.63, 3.8) is 0 Å². The Hall–Kier alpha value is -2.27. The predicted octanol–water partition coefficient (Wildman–Crippen LogP) is 7.69. The van der Waals surface area contributed by atoms with E-state index in [0.717, 1.165) is 29.3 Å². The molecule has 1 aliphatic heterocycles. The number of aliphatic hydroxyl groups is 1. The summed E-state index contributed by atoms with van der Waals surface area (Å²) in [7, 11) is -2.13. The summed E-state index contributed by atoms with van der Waals surface area (Å²) in [5.41, 5.74) is 0.424. The Labute approximate surface area is 272 Å². The average Bonchev–Trinajstić information content (AvgIpc) is 3.34. The van der Waals surface area contributed by atoms with Crippen molar-refractivity contribution in [1.82, 2.24) is 4.90 Å². The van der Waals surface area contributed by atoms with Gasteiger partial charge in [0.25, 0.3) is 0 Å². The van der Waals surface area contributed by atoms with Crippen LogP contribution in [0.1, 0.15) is 79.4 Å². The minimum Gasteiger partial charge on any atom is -0.444 e. The van der Waals surface area contributed by atoms with Crippen LogP contribution in [0.25, 0.3) is 0 Å². The van der Waals surface area contributed by atoms with Crippen LogP contribution in [-0.4, -0.2) is 73.3 Å². The highest BCUT2D eigenvalue weighted by Crippen LogP contribution is 2.36. The van der Waals surface area contributed by atoms with Crippen molar-refractivity contribution in [2.45, 2.75) is 135 Å². The molecule has 1 amide bonds. The van der Waals surface area contributed by atoms with E-state index >= 15 is 0 Å². The highest BCUT2D eigenvalue weighted by atomic mass is 28.4. The summed E-state index contributed by atoms with van der Waals surface area (Å²) in [6.07, 6.45) is -0.853. The second-order valence-corrected chi connectivity index (χ2v) is 18.2. The maximum atomic E-state index is 13.8. The summed E-state index contributed by atoms with van der Waals surface area (Å²) >= 11 is 0. The molecule has 0 bridgehead atoms. The molecule has 8 nitrogen and oxygen atoms in total. The van der Waals surface area contributed by atoms with Gasteiger partial charge in [-0.15, -0.1) is 0 Å². The monoisotopic (exact) mass is 643 g/mol. The molecule has 1 heterocycles. The summed E-state index contributed by atoms with van der Waals surface area (Å²) in [6, 6.07) is 22.5. The van der Waals surface area contributed by atoms with Gasteiger partial charge in [-0.1, -0.05) is 81.4 Å². The number of hydrogen-bond acceptors (Lipinski definition) is 7. The highest BCUT2D eigenvalue weighted by Gasteiger charge is 2.53. The van der Waals surface area contributed by atoms with Crippen molar-refractivity contribution < 1.29 is 33.3 Å². The third kappa shape index (κ3) is 10.6. The molecule has 0 saturated carbocycles. The molecule has 1 aliphatic rings. The Kier molecular flexibility index (Phi) is 14.1. The van der Waals surface area contributed by atoms with E-state index in [0.29, 0.717) is 26.1 Å². The number of carbonyl (C=O) groups is 1. The molecule has 0 unspecified atom stereocenters. The summed E-state index contributed by atoms with van der Waals surface area (Å²) in [6.45, 7) is 17.0. The molecule has 45 heavy (non-hydrogen) atoms. The number of carbonyl (C=O) groups excluding carboxylic acids is 1. The molecule has 0 aromatic heterocycles. The first-order chi connectivity index (χ1) is 21.4. The molecule has 0 spiro atoms. The molecular formula is C36H57NO7Si. The first-order valence-electron chi connectivity index (χ1n) is 16.6. The Balaban J connectivity index is 2.13. The topological polar surface area (TPSA) is 86.7 Å². The lowest BCUT2D eigenvalue weighted by Crippen LogP contribution is -2.59. The zero-order valence-electron chi connectivity index (χ0n) is 28.8. The van der Waals surface area contributed by atoms with Gasteiger partial charge >= 0.3 is 6.09 Å². The van der Waals surface area contributed by atoms with Crippen LogP contribution in [0.5, 0.6) is 0 Å². The quantitative estimate of drug-likeness (QED) is 0.177. The van der Waals surface area contributed by atoms with E-state index in [2.05, 4.69) is 20.8 Å². The number of amides is 1. The van der Waals surface area contributed by atoms with E-state index in [-0.39, 0.29) is 19.3 Å². The Morgan fingerprint density at radius 2 is 1.49 bits per heavy atom. The largest absolute Gasteiger partial charge is 0.444 e. The van der Waals surface area contributed by atoms with Gasteiger partial charge < -0.3 is 28.5 Å². The maximum absolute atomic E-state index is 13.8. The highest BCUT2D eigenvalue weighted by molar-refractivity contribution is 6.73. The number of rotatable bonds is 17. The molecule has 1 saturated heterocycles. The van der Waals surface area contributed by atoms with Crippen LogP contribution in [0.4, 0.5) is 4.79 Å². The number of hydrogen-bond donors (Lipinski definition) is 1. The van der Waals surface area contributed by atoms with Gasteiger partial charge in [-0.2, -0.15) is 0 Å². The third-order valence-corrected chi connectivity index (χ3v) is 13.4. The molecule has 2 aromatic rings. The van der Waals surface area contributed by atoms with Crippen molar-refractivity contribution in [2.24, 2.45) is 0 Å². The van der Waals surface area contributed by atoms with E-state index in [1.54, 1.807) is 4.90 Å². The number of benzene rings is 2. The molecular weight excluding hydrogens is 586 g/mol. The number of ether oxygens (including phenoxy) is 4. The van der Waals surface area contributed by atoms with Crippen LogP contribution in [0.15, 0.2) is 60.7 Å². The summed E-state index contributed by atoms with van der Waals surface area (Å²) in [4.78, 5) is 15.5. The molecule has 1 fully saturated rings. The minimum atomic E-state index is -2.13. The van der Waals surface area contributed by atoms with E-state index in [9.17, 15) is 9.90 Å². The second-order valence-electron chi connectivity index (χ2n) is 13.5. The first-order valence-corrected chi connectivity index (χ1v) is 19.2. The predicted molar refractivity (Wildman–Crippen MR) is 180 cm³/mol. The third-order valence-electron chi connectivity index (χ3n) is 8.73. The van der Waals surface area contributed by atoms with Gasteiger partial charge in [-0.25, -0.2) is 4.79 Å². The molecule has 0 aliphatic carbocycles. The molecule has 4 atom stereocenters. The van der Waals surface area contributed by atoms with Crippen molar-refractivity contribution >= 4 is 14.4 Å².